The van der Waals surface area contributed by atoms with Gasteiger partial charge >= 0.3 is 0 Å². The standard InChI is InChI=1S/C18H22N2O/c1-20-13-9-17(10-14-20)18(21,15-5-3-2-4-6-15)16-7-11-19-12-8-16/h2-8,11-12,17,21H,9-10,13-14H2,1H3. The third-order valence-electron chi connectivity index (χ3n) is 4.64. The molecule has 0 bridgehead atoms. The molecule has 0 spiro atoms. The first-order valence-corrected chi connectivity index (χ1v) is 7.58. The predicted octanol–water partition coefficient (Wildman–Crippen LogP) is 2.66. The number of rotatable bonds is 3. The number of nitrogens with zero attached hydrogens (tertiary/aromatic N) is 2. The van der Waals surface area contributed by atoms with E-state index in [0.717, 1.165) is 37.1 Å². The van der Waals surface area contributed by atoms with Gasteiger partial charge in [0.2, 0.25) is 0 Å². The molecular formula is C18H22N2O. The van der Waals surface area contributed by atoms with E-state index in [4.69, 9.17) is 0 Å². The summed E-state index contributed by atoms with van der Waals surface area (Å²) < 4.78 is 0. The van der Waals surface area contributed by atoms with Crippen LogP contribution in [0.1, 0.15) is 24.0 Å². The molecule has 0 radical (unpaired) electrons. The summed E-state index contributed by atoms with van der Waals surface area (Å²) in [5.74, 6) is 0.235. The summed E-state index contributed by atoms with van der Waals surface area (Å²) in [7, 11) is 2.14. The molecule has 1 aliphatic rings. The van der Waals surface area contributed by atoms with E-state index in [1.54, 1.807) is 12.4 Å². The van der Waals surface area contributed by atoms with Gasteiger partial charge in [0.25, 0.3) is 0 Å². The summed E-state index contributed by atoms with van der Waals surface area (Å²) in [4.78, 5) is 6.42. The Bertz CT molecular complexity index is 523. The average molecular weight is 282 g/mol. The van der Waals surface area contributed by atoms with Gasteiger partial charge in [-0.15, -0.1) is 0 Å². The van der Waals surface area contributed by atoms with E-state index in [9.17, 15) is 5.11 Å². The fraction of sp³-hybridized carbons (Fsp3) is 0.389. The van der Waals surface area contributed by atoms with Gasteiger partial charge in [-0.1, -0.05) is 30.3 Å². The summed E-state index contributed by atoms with van der Waals surface area (Å²) in [6.45, 7) is 2.07. The Balaban J connectivity index is 2.03. The number of pyridine rings is 1. The van der Waals surface area contributed by atoms with Crippen LogP contribution in [0.15, 0.2) is 54.9 Å². The highest BCUT2D eigenvalue weighted by atomic mass is 16.3. The molecule has 1 aromatic heterocycles. The van der Waals surface area contributed by atoms with Crippen molar-refractivity contribution in [1.29, 1.82) is 0 Å². The van der Waals surface area contributed by atoms with Crippen molar-refractivity contribution in [3.05, 3.63) is 66.0 Å². The molecule has 0 aliphatic carbocycles. The van der Waals surface area contributed by atoms with Crippen LogP contribution in [0.2, 0.25) is 0 Å². The lowest BCUT2D eigenvalue weighted by atomic mass is 9.72. The highest BCUT2D eigenvalue weighted by molar-refractivity contribution is 5.36. The monoisotopic (exact) mass is 282 g/mol. The van der Waals surface area contributed by atoms with Crippen LogP contribution in [0.3, 0.4) is 0 Å². The average Bonchev–Trinajstić information content (AvgIpc) is 2.56. The van der Waals surface area contributed by atoms with Crippen molar-refractivity contribution in [2.45, 2.75) is 18.4 Å². The van der Waals surface area contributed by atoms with Crippen molar-refractivity contribution < 1.29 is 5.11 Å². The number of hydrogen-bond acceptors (Lipinski definition) is 3. The zero-order chi connectivity index (χ0) is 14.7. The SMILES string of the molecule is CN1CCC(C(O)(c2ccccc2)c2ccncc2)CC1. The predicted molar refractivity (Wildman–Crippen MR) is 83.9 cm³/mol. The Morgan fingerprint density at radius 1 is 1.00 bits per heavy atom. The summed E-state index contributed by atoms with van der Waals surface area (Å²) in [6, 6.07) is 13.9. The second-order valence-electron chi connectivity index (χ2n) is 5.95. The molecule has 1 fully saturated rings. The van der Waals surface area contributed by atoms with Gasteiger partial charge in [-0.05, 0) is 62.2 Å². The molecular weight excluding hydrogens is 260 g/mol. The van der Waals surface area contributed by atoms with Gasteiger partial charge in [0, 0.05) is 12.4 Å². The van der Waals surface area contributed by atoms with E-state index in [1.165, 1.54) is 0 Å². The maximum absolute atomic E-state index is 11.6. The third kappa shape index (κ3) is 2.71. The molecule has 3 heteroatoms. The summed E-state index contributed by atoms with van der Waals surface area (Å²) in [6.07, 6.45) is 5.53. The Kier molecular flexibility index (Phi) is 4.04. The third-order valence-corrected chi connectivity index (χ3v) is 4.64. The highest BCUT2D eigenvalue weighted by Crippen LogP contribution is 2.41. The molecule has 1 aromatic carbocycles. The summed E-state index contributed by atoms with van der Waals surface area (Å²) >= 11 is 0. The van der Waals surface area contributed by atoms with E-state index < -0.39 is 5.60 Å². The van der Waals surface area contributed by atoms with Gasteiger partial charge in [-0.2, -0.15) is 0 Å². The number of piperidine rings is 1. The van der Waals surface area contributed by atoms with E-state index in [1.807, 2.05) is 42.5 Å². The van der Waals surface area contributed by atoms with Gasteiger partial charge in [0.1, 0.15) is 5.60 Å². The van der Waals surface area contributed by atoms with Gasteiger partial charge in [-0.3, -0.25) is 4.98 Å². The lowest BCUT2D eigenvalue weighted by Gasteiger charge is -2.41. The van der Waals surface area contributed by atoms with Crippen molar-refractivity contribution in [1.82, 2.24) is 9.88 Å². The van der Waals surface area contributed by atoms with Crippen LogP contribution in [0, 0.1) is 5.92 Å². The van der Waals surface area contributed by atoms with E-state index >= 15 is 0 Å². The number of aromatic nitrogens is 1. The minimum absolute atomic E-state index is 0.235. The number of benzene rings is 1. The highest BCUT2D eigenvalue weighted by Gasteiger charge is 2.41. The van der Waals surface area contributed by atoms with E-state index in [-0.39, 0.29) is 5.92 Å². The number of likely N-dealkylation sites (tertiary alicyclic amines) is 1. The van der Waals surface area contributed by atoms with Gasteiger partial charge in [-0.25, -0.2) is 0 Å². The molecule has 21 heavy (non-hydrogen) atoms. The summed E-state index contributed by atoms with van der Waals surface area (Å²) in [5.41, 5.74) is 0.995. The van der Waals surface area contributed by atoms with Crippen LogP contribution in [0.4, 0.5) is 0 Å². The van der Waals surface area contributed by atoms with Gasteiger partial charge in [0.05, 0.1) is 0 Å². The molecule has 110 valence electrons. The molecule has 1 N–H and O–H groups in total. The molecule has 1 aliphatic heterocycles. The van der Waals surface area contributed by atoms with Crippen LogP contribution in [-0.4, -0.2) is 35.1 Å². The zero-order valence-corrected chi connectivity index (χ0v) is 12.4. The van der Waals surface area contributed by atoms with Crippen molar-refractivity contribution in [3.8, 4) is 0 Å². The fourth-order valence-corrected chi connectivity index (χ4v) is 3.36. The van der Waals surface area contributed by atoms with E-state index in [2.05, 4.69) is 16.9 Å². The van der Waals surface area contributed by atoms with Crippen LogP contribution >= 0.6 is 0 Å². The van der Waals surface area contributed by atoms with Crippen molar-refractivity contribution in [3.63, 3.8) is 0 Å². The molecule has 2 aromatic rings. The topological polar surface area (TPSA) is 36.4 Å². The molecule has 0 amide bonds. The minimum atomic E-state index is -0.925. The van der Waals surface area contributed by atoms with Gasteiger partial charge in [0.15, 0.2) is 0 Å². The first kappa shape index (κ1) is 14.2. The smallest absolute Gasteiger partial charge is 0.118 e. The van der Waals surface area contributed by atoms with Crippen molar-refractivity contribution >= 4 is 0 Å². The lowest BCUT2D eigenvalue weighted by Crippen LogP contribution is -2.43. The molecule has 1 saturated heterocycles. The second kappa shape index (κ2) is 5.96. The summed E-state index contributed by atoms with van der Waals surface area (Å²) in [5, 5.41) is 11.6. The Labute approximate surface area is 126 Å². The number of aliphatic hydroxyl groups is 1. The molecule has 3 rings (SSSR count). The Morgan fingerprint density at radius 3 is 2.19 bits per heavy atom. The molecule has 1 atom stereocenters. The molecule has 3 nitrogen and oxygen atoms in total. The molecule has 0 saturated carbocycles. The maximum atomic E-state index is 11.6. The Morgan fingerprint density at radius 2 is 1.57 bits per heavy atom. The zero-order valence-electron chi connectivity index (χ0n) is 12.4. The fourth-order valence-electron chi connectivity index (χ4n) is 3.36. The quantitative estimate of drug-likeness (QED) is 0.940. The largest absolute Gasteiger partial charge is 0.380 e. The van der Waals surface area contributed by atoms with Crippen molar-refractivity contribution in [2.75, 3.05) is 20.1 Å². The van der Waals surface area contributed by atoms with Crippen LogP contribution < -0.4 is 0 Å². The molecule has 1 unspecified atom stereocenters. The number of hydrogen-bond donors (Lipinski definition) is 1. The minimum Gasteiger partial charge on any atom is -0.380 e. The first-order valence-electron chi connectivity index (χ1n) is 7.58. The first-order chi connectivity index (χ1) is 10.2. The molecule has 2 heterocycles. The van der Waals surface area contributed by atoms with Crippen molar-refractivity contribution in [2.24, 2.45) is 5.92 Å². The normalized spacial score (nSPS) is 20.1. The van der Waals surface area contributed by atoms with Crippen LogP contribution in [0.5, 0.6) is 0 Å². The lowest BCUT2D eigenvalue weighted by molar-refractivity contribution is -0.0109. The van der Waals surface area contributed by atoms with E-state index in [0.29, 0.717) is 0 Å². The van der Waals surface area contributed by atoms with Gasteiger partial charge < -0.3 is 10.0 Å². The second-order valence-corrected chi connectivity index (χ2v) is 5.95. The maximum Gasteiger partial charge on any atom is 0.118 e. The Hall–Kier alpha value is -1.71. The van der Waals surface area contributed by atoms with Crippen LogP contribution in [-0.2, 0) is 5.60 Å². The van der Waals surface area contributed by atoms with Crippen LogP contribution in [0.25, 0.3) is 0 Å².